The fraction of sp³-hybridized carbons (Fsp3) is 0.400. The van der Waals surface area contributed by atoms with Gasteiger partial charge in [0.25, 0.3) is 0 Å². The Labute approximate surface area is 113 Å². The van der Waals surface area contributed by atoms with Crippen molar-refractivity contribution >= 4 is 22.5 Å². The molecule has 2 aromatic rings. The average molecular weight is 259 g/mol. The average Bonchev–Trinajstić information content (AvgIpc) is 2.74. The van der Waals surface area contributed by atoms with Crippen LogP contribution in [0.3, 0.4) is 0 Å². The quantitative estimate of drug-likeness (QED) is 0.698. The highest BCUT2D eigenvalue weighted by Gasteiger charge is 2.04. The minimum Gasteiger partial charge on any atom is -0.359 e. The Kier molecular flexibility index (Phi) is 4.58. The van der Waals surface area contributed by atoms with E-state index in [2.05, 4.69) is 16.4 Å². The highest BCUT2D eigenvalue weighted by molar-refractivity contribution is 5.93. The van der Waals surface area contributed by atoms with Crippen LogP contribution >= 0.6 is 0 Å². The van der Waals surface area contributed by atoms with E-state index in [-0.39, 0.29) is 5.91 Å². The molecular weight excluding hydrogens is 238 g/mol. The van der Waals surface area contributed by atoms with Crippen molar-refractivity contribution in [3.8, 4) is 0 Å². The van der Waals surface area contributed by atoms with Crippen molar-refractivity contribution in [2.24, 2.45) is 5.73 Å². The number of aryl methyl sites for hydroxylation is 1. The van der Waals surface area contributed by atoms with Crippen LogP contribution < -0.4 is 11.1 Å². The van der Waals surface area contributed by atoms with Gasteiger partial charge in [-0.15, -0.1) is 0 Å². The molecule has 1 aromatic heterocycles. The number of anilines is 1. The number of carbonyl (C=O) groups excluding carboxylic acids is 1. The predicted molar refractivity (Wildman–Crippen MR) is 79.2 cm³/mol. The summed E-state index contributed by atoms with van der Waals surface area (Å²) in [5.74, 6) is 0.0728. The second-order valence-corrected chi connectivity index (χ2v) is 4.90. The number of H-pyrrole nitrogens is 1. The highest BCUT2D eigenvalue weighted by atomic mass is 16.1. The molecule has 19 heavy (non-hydrogen) atoms. The third kappa shape index (κ3) is 3.83. The van der Waals surface area contributed by atoms with Crippen LogP contribution in [0, 0.1) is 6.92 Å². The largest absolute Gasteiger partial charge is 0.359 e. The molecule has 0 aliphatic rings. The van der Waals surface area contributed by atoms with Gasteiger partial charge in [-0.25, -0.2) is 0 Å². The number of nitrogens with two attached hydrogens (primary N) is 1. The molecule has 0 saturated heterocycles. The minimum atomic E-state index is 0.0728. The van der Waals surface area contributed by atoms with Crippen molar-refractivity contribution in [2.45, 2.75) is 32.6 Å². The van der Waals surface area contributed by atoms with Gasteiger partial charge in [0.1, 0.15) is 0 Å². The van der Waals surface area contributed by atoms with Gasteiger partial charge in [0.2, 0.25) is 5.91 Å². The number of hydrogen-bond donors (Lipinski definition) is 3. The van der Waals surface area contributed by atoms with E-state index in [9.17, 15) is 4.79 Å². The minimum absolute atomic E-state index is 0.0728. The van der Waals surface area contributed by atoms with Crippen molar-refractivity contribution in [1.29, 1.82) is 0 Å². The van der Waals surface area contributed by atoms with Gasteiger partial charge < -0.3 is 16.0 Å². The zero-order valence-corrected chi connectivity index (χ0v) is 11.3. The van der Waals surface area contributed by atoms with Gasteiger partial charge in [-0.05, 0) is 50.6 Å². The number of carbonyl (C=O) groups is 1. The molecule has 1 heterocycles. The molecule has 0 spiro atoms. The molecule has 4 heteroatoms. The highest BCUT2D eigenvalue weighted by Crippen LogP contribution is 2.20. The maximum Gasteiger partial charge on any atom is 0.224 e. The second kappa shape index (κ2) is 6.38. The third-order valence-corrected chi connectivity index (χ3v) is 3.15. The van der Waals surface area contributed by atoms with E-state index in [1.54, 1.807) is 0 Å². The van der Waals surface area contributed by atoms with Gasteiger partial charge in [-0.2, -0.15) is 0 Å². The Balaban J connectivity index is 1.91. The van der Waals surface area contributed by atoms with Crippen molar-refractivity contribution < 1.29 is 4.79 Å². The molecule has 2 rings (SSSR count). The number of benzene rings is 1. The summed E-state index contributed by atoms with van der Waals surface area (Å²) in [4.78, 5) is 15.0. The second-order valence-electron chi connectivity index (χ2n) is 4.90. The Morgan fingerprint density at radius 1 is 1.26 bits per heavy atom. The van der Waals surface area contributed by atoms with Gasteiger partial charge in [0.15, 0.2) is 0 Å². The topological polar surface area (TPSA) is 70.9 Å². The van der Waals surface area contributed by atoms with Crippen LogP contribution in [0.15, 0.2) is 24.3 Å². The SMILES string of the molecule is Cc1cc2cc(NC(=O)CCCCCN)ccc2[nH]1. The van der Waals surface area contributed by atoms with Gasteiger partial charge >= 0.3 is 0 Å². The molecule has 102 valence electrons. The van der Waals surface area contributed by atoms with Gasteiger partial charge in [-0.3, -0.25) is 4.79 Å². The van der Waals surface area contributed by atoms with Crippen LogP contribution in [-0.4, -0.2) is 17.4 Å². The number of rotatable bonds is 6. The third-order valence-electron chi connectivity index (χ3n) is 3.15. The maximum atomic E-state index is 11.8. The number of fused-ring (bicyclic) bond motifs is 1. The summed E-state index contributed by atoms with van der Waals surface area (Å²) < 4.78 is 0. The fourth-order valence-corrected chi connectivity index (χ4v) is 2.19. The molecule has 4 nitrogen and oxygen atoms in total. The van der Waals surface area contributed by atoms with E-state index < -0.39 is 0 Å². The summed E-state index contributed by atoms with van der Waals surface area (Å²) >= 11 is 0. The summed E-state index contributed by atoms with van der Waals surface area (Å²) in [6.45, 7) is 2.72. The van der Waals surface area contributed by atoms with Gasteiger partial charge in [0, 0.05) is 28.7 Å². The standard InChI is InChI=1S/C15H21N3O/c1-11-9-12-10-13(6-7-14(12)17-11)18-15(19)5-3-2-4-8-16/h6-7,9-10,17H,2-5,8,16H2,1H3,(H,18,19). The number of amides is 1. The fourth-order valence-electron chi connectivity index (χ4n) is 2.19. The lowest BCUT2D eigenvalue weighted by Gasteiger charge is -2.05. The molecule has 0 saturated carbocycles. The predicted octanol–water partition coefficient (Wildman–Crippen LogP) is 2.93. The van der Waals surface area contributed by atoms with E-state index in [0.717, 1.165) is 41.5 Å². The monoisotopic (exact) mass is 259 g/mol. The molecule has 0 fully saturated rings. The van der Waals surface area contributed by atoms with Crippen LogP contribution in [0.5, 0.6) is 0 Å². The molecular formula is C15H21N3O. The van der Waals surface area contributed by atoms with E-state index in [1.165, 1.54) is 0 Å². The molecule has 0 atom stereocenters. The molecule has 0 unspecified atom stereocenters. The first-order valence-electron chi connectivity index (χ1n) is 6.78. The number of nitrogens with one attached hydrogen (secondary N) is 2. The summed E-state index contributed by atoms with van der Waals surface area (Å²) in [7, 11) is 0. The molecule has 0 bridgehead atoms. The summed E-state index contributed by atoms with van der Waals surface area (Å²) in [6.07, 6.45) is 3.46. The first-order valence-corrected chi connectivity index (χ1v) is 6.78. The molecule has 0 aliphatic carbocycles. The number of aromatic nitrogens is 1. The van der Waals surface area contributed by atoms with Crippen LogP contribution in [0.1, 0.15) is 31.4 Å². The van der Waals surface area contributed by atoms with E-state index in [4.69, 9.17) is 5.73 Å². The van der Waals surface area contributed by atoms with Gasteiger partial charge in [0.05, 0.1) is 0 Å². The Morgan fingerprint density at radius 3 is 2.89 bits per heavy atom. The van der Waals surface area contributed by atoms with E-state index in [1.807, 2.05) is 25.1 Å². The van der Waals surface area contributed by atoms with E-state index in [0.29, 0.717) is 13.0 Å². The van der Waals surface area contributed by atoms with Crippen molar-refractivity contribution in [2.75, 3.05) is 11.9 Å². The smallest absolute Gasteiger partial charge is 0.224 e. The zero-order chi connectivity index (χ0) is 13.7. The van der Waals surface area contributed by atoms with Crippen molar-refractivity contribution in [3.05, 3.63) is 30.0 Å². The first-order chi connectivity index (χ1) is 9.19. The van der Waals surface area contributed by atoms with Crippen LogP contribution in [0.2, 0.25) is 0 Å². The van der Waals surface area contributed by atoms with Crippen LogP contribution in [-0.2, 0) is 4.79 Å². The zero-order valence-electron chi connectivity index (χ0n) is 11.3. The molecule has 4 N–H and O–H groups in total. The maximum absolute atomic E-state index is 11.8. The summed E-state index contributed by atoms with van der Waals surface area (Å²) in [6, 6.07) is 7.99. The summed E-state index contributed by atoms with van der Waals surface area (Å²) in [5, 5.41) is 4.06. The number of unbranched alkanes of at least 4 members (excludes halogenated alkanes) is 2. The Bertz CT molecular complexity index is 560. The first kappa shape index (κ1) is 13.6. The van der Waals surface area contributed by atoms with Crippen molar-refractivity contribution in [1.82, 2.24) is 4.98 Å². The van der Waals surface area contributed by atoms with Crippen LogP contribution in [0.4, 0.5) is 5.69 Å². The van der Waals surface area contributed by atoms with E-state index >= 15 is 0 Å². The lowest BCUT2D eigenvalue weighted by atomic mass is 10.2. The van der Waals surface area contributed by atoms with Crippen LogP contribution in [0.25, 0.3) is 10.9 Å². The molecule has 0 aliphatic heterocycles. The Morgan fingerprint density at radius 2 is 2.11 bits per heavy atom. The number of hydrogen-bond acceptors (Lipinski definition) is 2. The van der Waals surface area contributed by atoms with Crippen molar-refractivity contribution in [3.63, 3.8) is 0 Å². The molecule has 1 aromatic carbocycles. The normalized spacial score (nSPS) is 10.8. The lowest BCUT2D eigenvalue weighted by Crippen LogP contribution is -2.11. The molecule has 0 radical (unpaired) electrons. The molecule has 1 amide bonds. The lowest BCUT2D eigenvalue weighted by molar-refractivity contribution is -0.116. The van der Waals surface area contributed by atoms with Gasteiger partial charge in [-0.1, -0.05) is 6.42 Å². The number of aromatic amines is 1. The Hall–Kier alpha value is -1.81. The summed E-state index contributed by atoms with van der Waals surface area (Å²) in [5.41, 5.74) is 8.50.